The summed E-state index contributed by atoms with van der Waals surface area (Å²) in [5.74, 6) is 2.64. The normalized spacial score (nSPS) is 11.9. The summed E-state index contributed by atoms with van der Waals surface area (Å²) in [5.41, 5.74) is 9.55. The van der Waals surface area contributed by atoms with Crippen LogP contribution in [0.15, 0.2) is 173 Å². The minimum atomic E-state index is 0.586. The van der Waals surface area contributed by atoms with Gasteiger partial charge in [0.2, 0.25) is 0 Å². The number of hydrogen-bond donors (Lipinski definition) is 0. The second-order valence-corrected chi connectivity index (χ2v) is 13.6. The molecule has 7 aromatic carbocycles. The first-order valence-corrected chi connectivity index (χ1v) is 18.4. The van der Waals surface area contributed by atoms with Gasteiger partial charge < -0.3 is 8.83 Å². The number of nitrogens with zero attached hydrogens (tertiary/aromatic N) is 3. The highest BCUT2D eigenvalue weighted by Gasteiger charge is 2.18. The number of benzene rings is 7. The molecular formula is C50H33N3O2. The van der Waals surface area contributed by atoms with E-state index in [0.29, 0.717) is 17.5 Å². The molecule has 55 heavy (non-hydrogen) atoms. The lowest BCUT2D eigenvalue weighted by Gasteiger charge is -2.10. The highest BCUT2D eigenvalue weighted by atomic mass is 16.3. The summed E-state index contributed by atoms with van der Waals surface area (Å²) in [6.07, 6.45) is 8.22. The first-order valence-electron chi connectivity index (χ1n) is 18.4. The first-order chi connectivity index (χ1) is 27.2. The van der Waals surface area contributed by atoms with Crippen molar-refractivity contribution in [2.45, 2.75) is 6.92 Å². The maximum absolute atomic E-state index is 6.52. The van der Waals surface area contributed by atoms with Gasteiger partial charge in [-0.05, 0) is 82.9 Å². The molecule has 5 nitrogen and oxygen atoms in total. The van der Waals surface area contributed by atoms with Gasteiger partial charge in [0, 0.05) is 38.4 Å². The monoisotopic (exact) mass is 707 g/mol. The van der Waals surface area contributed by atoms with E-state index in [2.05, 4.69) is 103 Å². The molecule has 0 fully saturated rings. The summed E-state index contributed by atoms with van der Waals surface area (Å²) in [7, 11) is 0. The van der Waals surface area contributed by atoms with Gasteiger partial charge in [0.1, 0.15) is 22.5 Å². The molecule has 0 unspecified atom stereocenters. The molecule has 3 aromatic heterocycles. The lowest BCUT2D eigenvalue weighted by molar-refractivity contribution is 0.603. The number of hydrogen-bond acceptors (Lipinski definition) is 5. The second kappa shape index (κ2) is 13.6. The molecule has 260 valence electrons. The molecule has 0 radical (unpaired) electrons. The van der Waals surface area contributed by atoms with Crippen LogP contribution in [-0.2, 0) is 0 Å². The van der Waals surface area contributed by atoms with E-state index in [-0.39, 0.29) is 0 Å². The maximum atomic E-state index is 6.52. The highest BCUT2D eigenvalue weighted by molar-refractivity contribution is 6.12. The van der Waals surface area contributed by atoms with Crippen molar-refractivity contribution in [3.8, 4) is 45.3 Å². The van der Waals surface area contributed by atoms with E-state index in [4.69, 9.17) is 23.8 Å². The third-order valence-corrected chi connectivity index (χ3v) is 10.1. The lowest BCUT2D eigenvalue weighted by Crippen LogP contribution is -2.00. The number of rotatable bonds is 7. The van der Waals surface area contributed by atoms with Crippen LogP contribution in [0.25, 0.3) is 107 Å². The summed E-state index contributed by atoms with van der Waals surface area (Å²) in [5, 5.41) is 5.31. The molecule has 0 saturated heterocycles. The van der Waals surface area contributed by atoms with Gasteiger partial charge >= 0.3 is 0 Å². The predicted octanol–water partition coefficient (Wildman–Crippen LogP) is 13.5. The summed E-state index contributed by atoms with van der Waals surface area (Å²) in [6, 6.07) is 54.0. The Hall–Kier alpha value is -7.37. The Morgan fingerprint density at radius 3 is 1.95 bits per heavy atom. The number of fused-ring (bicyclic) bond motifs is 5. The van der Waals surface area contributed by atoms with Crippen molar-refractivity contribution in [1.29, 1.82) is 0 Å². The Bertz CT molecular complexity index is 3100. The molecule has 0 N–H and O–H groups in total. The average molecular weight is 708 g/mol. The molecule has 0 spiro atoms. The molecule has 5 heteroatoms. The minimum Gasteiger partial charge on any atom is -0.456 e. The first kappa shape index (κ1) is 32.3. The Balaban J connectivity index is 1.08. The van der Waals surface area contributed by atoms with Crippen LogP contribution in [-0.4, -0.2) is 15.0 Å². The van der Waals surface area contributed by atoms with Gasteiger partial charge in [-0.15, -0.1) is 0 Å². The van der Waals surface area contributed by atoms with Gasteiger partial charge in [-0.2, -0.15) is 0 Å². The van der Waals surface area contributed by atoms with Crippen molar-refractivity contribution in [2.24, 2.45) is 0 Å². The zero-order chi connectivity index (χ0) is 36.7. The van der Waals surface area contributed by atoms with E-state index in [1.807, 2.05) is 85.8 Å². The molecule has 0 aliphatic carbocycles. The molecule has 10 aromatic rings. The number of para-hydroxylation sites is 1. The SMILES string of the molecule is C/C=C\c1oc2ccccc2c1/C=C/c1ccc2c(c1)oc1cccc(-c3nc(-c4ccccc4)nc(-c4ccc5ccc(-c6ccccc6)cc5c4)n3)c12. The second-order valence-electron chi connectivity index (χ2n) is 13.6. The van der Waals surface area contributed by atoms with Crippen LogP contribution in [0.4, 0.5) is 0 Å². The van der Waals surface area contributed by atoms with E-state index in [1.54, 1.807) is 0 Å². The number of furan rings is 2. The van der Waals surface area contributed by atoms with Crippen molar-refractivity contribution < 1.29 is 8.83 Å². The fourth-order valence-electron chi connectivity index (χ4n) is 7.38. The Labute approximate surface area is 317 Å². The summed E-state index contributed by atoms with van der Waals surface area (Å²) >= 11 is 0. The zero-order valence-corrected chi connectivity index (χ0v) is 30.0. The maximum Gasteiger partial charge on any atom is 0.164 e. The molecule has 10 rings (SSSR count). The van der Waals surface area contributed by atoms with E-state index in [0.717, 1.165) is 82.8 Å². The van der Waals surface area contributed by atoms with Crippen molar-refractivity contribution in [3.63, 3.8) is 0 Å². The van der Waals surface area contributed by atoms with Crippen molar-refractivity contribution in [1.82, 2.24) is 15.0 Å². The molecule has 0 bridgehead atoms. The molecule has 3 heterocycles. The summed E-state index contributed by atoms with van der Waals surface area (Å²) < 4.78 is 12.6. The zero-order valence-electron chi connectivity index (χ0n) is 30.0. The lowest BCUT2D eigenvalue weighted by atomic mass is 9.99. The van der Waals surface area contributed by atoms with E-state index in [1.165, 1.54) is 5.56 Å². The Kier molecular flexibility index (Phi) is 7.96. The van der Waals surface area contributed by atoms with Gasteiger partial charge in [0.15, 0.2) is 17.5 Å². The standard InChI is InChI=1S/C50H33N3O2/c1-2-12-43-40(39-17-9-10-19-44(39)54-43)27-21-32-22-28-41-46(29-32)55-45-20-11-18-42(47(41)45)50-52-48(35-15-7-4-8-16-35)51-49(53-50)37-26-24-34-23-25-36(30-38(34)31-37)33-13-5-3-6-14-33/h2-31H,1H3/b12-2-,27-21+. The summed E-state index contributed by atoms with van der Waals surface area (Å²) in [6.45, 7) is 2.00. The molecule has 0 amide bonds. The smallest absolute Gasteiger partial charge is 0.164 e. The molecule has 0 saturated carbocycles. The molecule has 0 atom stereocenters. The average Bonchev–Trinajstić information content (AvgIpc) is 3.80. The van der Waals surface area contributed by atoms with Crippen LogP contribution in [0.1, 0.15) is 23.8 Å². The Morgan fingerprint density at radius 1 is 0.436 bits per heavy atom. The van der Waals surface area contributed by atoms with Crippen molar-refractivity contribution >= 4 is 61.9 Å². The Morgan fingerprint density at radius 2 is 1.13 bits per heavy atom. The third-order valence-electron chi connectivity index (χ3n) is 10.1. The minimum absolute atomic E-state index is 0.586. The van der Waals surface area contributed by atoms with Crippen LogP contribution in [0.2, 0.25) is 0 Å². The highest BCUT2D eigenvalue weighted by Crippen LogP contribution is 2.38. The number of allylic oxidation sites excluding steroid dienone is 1. The van der Waals surface area contributed by atoms with Crippen LogP contribution in [0, 0.1) is 0 Å². The van der Waals surface area contributed by atoms with E-state index >= 15 is 0 Å². The van der Waals surface area contributed by atoms with E-state index in [9.17, 15) is 0 Å². The van der Waals surface area contributed by atoms with Gasteiger partial charge in [-0.1, -0.05) is 133 Å². The van der Waals surface area contributed by atoms with Crippen LogP contribution in [0.3, 0.4) is 0 Å². The predicted molar refractivity (Wildman–Crippen MR) is 226 cm³/mol. The van der Waals surface area contributed by atoms with Gasteiger partial charge in [0.25, 0.3) is 0 Å². The van der Waals surface area contributed by atoms with Crippen LogP contribution in [0.5, 0.6) is 0 Å². The quantitative estimate of drug-likeness (QED) is 0.165. The molecular weight excluding hydrogens is 675 g/mol. The van der Waals surface area contributed by atoms with Crippen LogP contribution >= 0.6 is 0 Å². The van der Waals surface area contributed by atoms with Gasteiger partial charge in [0.05, 0.1) is 0 Å². The fraction of sp³-hybridized carbons (Fsp3) is 0.0200. The van der Waals surface area contributed by atoms with Gasteiger partial charge in [-0.25, -0.2) is 15.0 Å². The summed E-state index contributed by atoms with van der Waals surface area (Å²) in [4.78, 5) is 15.3. The topological polar surface area (TPSA) is 65.0 Å². The van der Waals surface area contributed by atoms with Crippen LogP contribution < -0.4 is 0 Å². The largest absolute Gasteiger partial charge is 0.456 e. The molecule has 0 aliphatic heterocycles. The van der Waals surface area contributed by atoms with Gasteiger partial charge in [-0.3, -0.25) is 0 Å². The van der Waals surface area contributed by atoms with E-state index < -0.39 is 0 Å². The van der Waals surface area contributed by atoms with Crippen molar-refractivity contribution in [3.05, 3.63) is 181 Å². The third kappa shape index (κ3) is 5.98. The number of aromatic nitrogens is 3. The fourth-order valence-corrected chi connectivity index (χ4v) is 7.38. The van der Waals surface area contributed by atoms with Crippen molar-refractivity contribution in [2.75, 3.05) is 0 Å². The molecule has 0 aliphatic rings.